The number of benzene rings is 1. The lowest BCUT2D eigenvalue weighted by molar-refractivity contribution is -0.130. The molecule has 1 aromatic carbocycles. The van der Waals surface area contributed by atoms with E-state index in [-0.39, 0.29) is 22.9 Å². The summed E-state index contributed by atoms with van der Waals surface area (Å²) in [4.78, 5) is 31.7. The molecule has 2 aromatic rings. The molecule has 8 nitrogen and oxygen atoms in total. The summed E-state index contributed by atoms with van der Waals surface area (Å²) < 4.78 is 12.4. The van der Waals surface area contributed by atoms with Crippen LogP contribution in [0.4, 0.5) is 0 Å². The minimum absolute atomic E-state index is 0.125. The predicted octanol–water partition coefficient (Wildman–Crippen LogP) is 1.96. The summed E-state index contributed by atoms with van der Waals surface area (Å²) in [6.07, 6.45) is 1.47. The summed E-state index contributed by atoms with van der Waals surface area (Å²) in [5, 5.41) is 11.2. The third-order valence-corrected chi connectivity index (χ3v) is 6.52. The molecular weight excluding hydrogens is 394 g/mol. The molecular formula is C20H23N3O5S. The summed E-state index contributed by atoms with van der Waals surface area (Å²) >= 11 is 1.45. The molecule has 0 saturated heterocycles. The highest BCUT2D eigenvalue weighted by atomic mass is 32.2. The van der Waals surface area contributed by atoms with Crippen molar-refractivity contribution in [1.82, 2.24) is 14.5 Å². The first-order valence-corrected chi connectivity index (χ1v) is 10.4. The molecule has 0 aliphatic carbocycles. The van der Waals surface area contributed by atoms with Gasteiger partial charge in [-0.15, -0.1) is 0 Å². The molecule has 1 atom stereocenters. The van der Waals surface area contributed by atoms with E-state index >= 15 is 0 Å². The monoisotopic (exact) mass is 417 g/mol. The quantitative estimate of drug-likeness (QED) is 0.763. The van der Waals surface area contributed by atoms with Crippen molar-refractivity contribution in [2.24, 2.45) is 0 Å². The predicted molar refractivity (Wildman–Crippen MR) is 108 cm³/mol. The zero-order chi connectivity index (χ0) is 20.7. The second-order valence-electron chi connectivity index (χ2n) is 7.06. The molecule has 1 unspecified atom stereocenters. The van der Waals surface area contributed by atoms with Gasteiger partial charge in [0.15, 0.2) is 16.7 Å². The Morgan fingerprint density at radius 1 is 1.24 bits per heavy atom. The summed E-state index contributed by atoms with van der Waals surface area (Å²) in [5.41, 5.74) is 1.50. The Kier molecular flexibility index (Phi) is 5.16. The van der Waals surface area contributed by atoms with Crippen molar-refractivity contribution in [3.05, 3.63) is 39.2 Å². The third-order valence-electron chi connectivity index (χ3n) is 5.46. The molecule has 2 aliphatic rings. The molecule has 2 aliphatic heterocycles. The van der Waals surface area contributed by atoms with Crippen LogP contribution in [0, 0.1) is 0 Å². The number of thioether (sulfide) groups is 1. The Balaban J connectivity index is 1.97. The van der Waals surface area contributed by atoms with Gasteiger partial charge < -0.3 is 19.5 Å². The Morgan fingerprint density at radius 2 is 1.97 bits per heavy atom. The van der Waals surface area contributed by atoms with E-state index in [1.165, 1.54) is 25.8 Å². The number of carbonyl (C=O) groups excluding carboxylic acids is 1. The summed E-state index contributed by atoms with van der Waals surface area (Å²) in [6.45, 7) is 2.44. The van der Waals surface area contributed by atoms with Gasteiger partial charge in [-0.1, -0.05) is 11.8 Å². The van der Waals surface area contributed by atoms with Gasteiger partial charge in [-0.05, 0) is 36.1 Å². The number of aromatic nitrogens is 2. The zero-order valence-corrected chi connectivity index (χ0v) is 17.4. The summed E-state index contributed by atoms with van der Waals surface area (Å²) in [6, 6.07) is 2.92. The van der Waals surface area contributed by atoms with E-state index in [1.807, 2.05) is 6.07 Å². The van der Waals surface area contributed by atoms with Crippen LogP contribution < -0.4 is 15.0 Å². The van der Waals surface area contributed by atoms with Crippen molar-refractivity contribution in [1.29, 1.82) is 0 Å². The number of nitrogens with zero attached hydrogens (tertiary/aromatic N) is 3. The molecule has 0 bridgehead atoms. The molecule has 0 spiro atoms. The van der Waals surface area contributed by atoms with Crippen molar-refractivity contribution in [2.75, 3.05) is 26.5 Å². The minimum atomic E-state index is -0.735. The average Bonchev–Trinajstić information content (AvgIpc) is 2.72. The Bertz CT molecular complexity index is 1040. The largest absolute Gasteiger partial charge is 0.493 e. The maximum absolute atomic E-state index is 13.3. The van der Waals surface area contributed by atoms with E-state index in [1.54, 1.807) is 22.6 Å². The van der Waals surface area contributed by atoms with E-state index in [0.717, 1.165) is 23.3 Å². The molecule has 154 valence electrons. The second-order valence-corrected chi connectivity index (χ2v) is 8.12. The minimum Gasteiger partial charge on any atom is -0.493 e. The van der Waals surface area contributed by atoms with Gasteiger partial charge in [0.05, 0.1) is 20.3 Å². The lowest BCUT2D eigenvalue weighted by Crippen LogP contribution is -2.43. The number of methoxy groups -OCH3 is 2. The summed E-state index contributed by atoms with van der Waals surface area (Å²) in [7, 11) is 3.10. The van der Waals surface area contributed by atoms with Crippen LogP contribution in [0.1, 0.15) is 36.1 Å². The highest BCUT2D eigenvalue weighted by Gasteiger charge is 2.37. The van der Waals surface area contributed by atoms with Crippen LogP contribution in [-0.2, 0) is 17.8 Å². The Labute approximate surface area is 172 Å². The standard InChI is InChI=1S/C20H23N3O5S/c1-11(24)22-7-5-12-9-14(27-2)15(28-3)10-13(12)17(22)16-18(25)21-20-23(19(16)26)6-4-8-29-20/h9-10,17,25H,4-8H2,1-3H3. The number of amides is 1. The zero-order valence-electron chi connectivity index (χ0n) is 16.6. The topological polar surface area (TPSA) is 93.9 Å². The second kappa shape index (κ2) is 7.62. The first-order chi connectivity index (χ1) is 14.0. The number of aromatic hydroxyl groups is 1. The lowest BCUT2D eigenvalue weighted by atomic mass is 9.88. The number of fused-ring (bicyclic) bond motifs is 2. The normalized spacial score (nSPS) is 18.0. The van der Waals surface area contributed by atoms with E-state index in [0.29, 0.717) is 36.2 Å². The SMILES string of the molecule is COc1cc2c(cc1OC)C(c1c(O)nc3n(c1=O)CCCS3)N(C(C)=O)CC2. The average molecular weight is 417 g/mol. The first-order valence-electron chi connectivity index (χ1n) is 9.44. The molecule has 9 heteroatoms. The van der Waals surface area contributed by atoms with Crippen molar-refractivity contribution in [3.8, 4) is 17.4 Å². The molecule has 1 amide bonds. The van der Waals surface area contributed by atoms with E-state index < -0.39 is 6.04 Å². The van der Waals surface area contributed by atoms with E-state index in [9.17, 15) is 14.7 Å². The fourth-order valence-corrected chi connectivity index (χ4v) is 5.01. The van der Waals surface area contributed by atoms with E-state index in [4.69, 9.17) is 9.47 Å². The van der Waals surface area contributed by atoms with Gasteiger partial charge in [0.25, 0.3) is 5.56 Å². The maximum atomic E-state index is 13.3. The van der Waals surface area contributed by atoms with E-state index in [2.05, 4.69) is 4.98 Å². The van der Waals surface area contributed by atoms with Crippen LogP contribution >= 0.6 is 11.8 Å². The molecule has 29 heavy (non-hydrogen) atoms. The molecule has 0 radical (unpaired) electrons. The number of hydrogen-bond acceptors (Lipinski definition) is 7. The van der Waals surface area contributed by atoms with Gasteiger partial charge in [-0.3, -0.25) is 14.2 Å². The fraction of sp³-hybridized carbons (Fsp3) is 0.450. The third kappa shape index (κ3) is 3.23. The van der Waals surface area contributed by atoms with Crippen LogP contribution in [0.15, 0.2) is 22.1 Å². The Hall–Kier alpha value is -2.68. The highest BCUT2D eigenvalue weighted by Crippen LogP contribution is 2.42. The number of ether oxygens (including phenoxy) is 2. The molecule has 1 N–H and O–H groups in total. The summed E-state index contributed by atoms with van der Waals surface area (Å²) in [5.74, 6) is 1.44. The van der Waals surface area contributed by atoms with Gasteiger partial charge in [0.2, 0.25) is 11.8 Å². The fourth-order valence-electron chi connectivity index (χ4n) is 4.07. The van der Waals surface area contributed by atoms with Crippen LogP contribution in [0.25, 0.3) is 0 Å². The van der Waals surface area contributed by atoms with Gasteiger partial charge >= 0.3 is 0 Å². The van der Waals surface area contributed by atoms with Crippen molar-refractivity contribution >= 4 is 17.7 Å². The molecule has 3 heterocycles. The molecule has 0 saturated carbocycles. The van der Waals surface area contributed by atoms with Gasteiger partial charge in [-0.2, -0.15) is 4.98 Å². The van der Waals surface area contributed by atoms with Crippen LogP contribution in [0.3, 0.4) is 0 Å². The number of rotatable bonds is 3. The van der Waals surface area contributed by atoms with Gasteiger partial charge in [-0.25, -0.2) is 0 Å². The number of hydrogen-bond donors (Lipinski definition) is 1. The Morgan fingerprint density at radius 3 is 2.66 bits per heavy atom. The van der Waals surface area contributed by atoms with Gasteiger partial charge in [0, 0.05) is 25.8 Å². The van der Waals surface area contributed by atoms with Gasteiger partial charge in [0.1, 0.15) is 5.56 Å². The number of carbonyl (C=O) groups is 1. The van der Waals surface area contributed by atoms with Crippen molar-refractivity contribution in [3.63, 3.8) is 0 Å². The molecule has 4 rings (SSSR count). The van der Waals surface area contributed by atoms with Crippen LogP contribution in [-0.4, -0.2) is 52.0 Å². The van der Waals surface area contributed by atoms with Crippen LogP contribution in [0.2, 0.25) is 0 Å². The van der Waals surface area contributed by atoms with Crippen molar-refractivity contribution < 1.29 is 19.4 Å². The first kappa shape index (κ1) is 19.6. The highest BCUT2D eigenvalue weighted by molar-refractivity contribution is 7.99. The lowest BCUT2D eigenvalue weighted by Gasteiger charge is -2.37. The smallest absolute Gasteiger partial charge is 0.263 e. The molecule has 0 fully saturated rings. The molecule has 1 aromatic heterocycles. The maximum Gasteiger partial charge on any atom is 0.263 e. The van der Waals surface area contributed by atoms with Crippen molar-refractivity contribution in [2.45, 2.75) is 37.5 Å². The van der Waals surface area contributed by atoms with Crippen LogP contribution in [0.5, 0.6) is 17.4 Å².